The number of para-hydroxylation sites is 1. The van der Waals surface area contributed by atoms with Crippen molar-refractivity contribution in [2.45, 2.75) is 25.2 Å². The molecule has 0 unspecified atom stereocenters. The second kappa shape index (κ2) is 8.00. The average Bonchev–Trinajstić information content (AvgIpc) is 3.25. The quantitative estimate of drug-likeness (QED) is 0.611. The van der Waals surface area contributed by atoms with Crippen molar-refractivity contribution in [1.29, 1.82) is 0 Å². The summed E-state index contributed by atoms with van der Waals surface area (Å²) in [6.07, 6.45) is 0.465. The van der Waals surface area contributed by atoms with Crippen LogP contribution in [0.2, 0.25) is 0 Å². The number of benzene rings is 2. The van der Waals surface area contributed by atoms with Gasteiger partial charge in [0.15, 0.2) is 6.10 Å². The Balaban J connectivity index is 1.46. The Morgan fingerprint density at radius 1 is 0.964 bits per heavy atom. The van der Waals surface area contributed by atoms with Crippen LogP contribution in [0.1, 0.15) is 11.3 Å². The molecule has 28 heavy (non-hydrogen) atoms. The molecule has 1 aliphatic rings. The first-order valence-electron chi connectivity index (χ1n) is 9.00. The lowest BCUT2D eigenvalue weighted by molar-refractivity contribution is -0.159. The number of furan rings is 1. The maximum absolute atomic E-state index is 12.6. The second-order valence-corrected chi connectivity index (χ2v) is 6.45. The van der Waals surface area contributed by atoms with E-state index in [4.69, 9.17) is 13.9 Å². The number of hydrogen-bond acceptors (Lipinski definition) is 5. The van der Waals surface area contributed by atoms with Crippen molar-refractivity contribution in [1.82, 2.24) is 4.90 Å². The van der Waals surface area contributed by atoms with E-state index in [2.05, 4.69) is 0 Å². The van der Waals surface area contributed by atoms with Gasteiger partial charge in [-0.05, 0) is 29.8 Å². The summed E-state index contributed by atoms with van der Waals surface area (Å²) in [7, 11) is 0. The fourth-order valence-corrected chi connectivity index (χ4v) is 3.14. The summed E-state index contributed by atoms with van der Waals surface area (Å²) >= 11 is 0. The highest BCUT2D eigenvalue weighted by Gasteiger charge is 2.53. The molecule has 0 radical (unpaired) electrons. The third-order valence-corrected chi connectivity index (χ3v) is 4.56. The highest BCUT2D eigenvalue weighted by molar-refractivity contribution is 6.01. The van der Waals surface area contributed by atoms with E-state index in [-0.39, 0.29) is 6.61 Å². The summed E-state index contributed by atoms with van der Waals surface area (Å²) in [5, 5.41) is 0. The molecule has 0 bridgehead atoms. The van der Waals surface area contributed by atoms with E-state index >= 15 is 0 Å². The van der Waals surface area contributed by atoms with Gasteiger partial charge in [-0.1, -0.05) is 48.5 Å². The molecule has 3 aromatic rings. The minimum absolute atomic E-state index is 0.0983. The van der Waals surface area contributed by atoms with Gasteiger partial charge in [0.25, 0.3) is 5.91 Å². The van der Waals surface area contributed by atoms with Gasteiger partial charge >= 0.3 is 6.09 Å². The molecule has 0 N–H and O–H groups in total. The van der Waals surface area contributed by atoms with Gasteiger partial charge in [0.05, 0.1) is 12.3 Å². The minimum Gasteiger partial charge on any atom is -0.478 e. The largest absolute Gasteiger partial charge is 0.478 e. The highest BCUT2D eigenvalue weighted by atomic mass is 16.6. The van der Waals surface area contributed by atoms with Gasteiger partial charge in [-0.3, -0.25) is 4.79 Å². The molecule has 6 nitrogen and oxygen atoms in total. The fraction of sp³-hybridized carbons (Fsp3) is 0.182. The van der Waals surface area contributed by atoms with Gasteiger partial charge in [0, 0.05) is 6.42 Å². The number of likely N-dealkylation sites (tertiary alicyclic amines) is 1. The Morgan fingerprint density at radius 3 is 2.36 bits per heavy atom. The zero-order valence-electron chi connectivity index (χ0n) is 15.1. The fourth-order valence-electron chi connectivity index (χ4n) is 3.14. The Hall–Kier alpha value is -3.54. The predicted octanol–water partition coefficient (Wildman–Crippen LogP) is 3.82. The molecule has 6 heteroatoms. The molecule has 1 fully saturated rings. The summed E-state index contributed by atoms with van der Waals surface area (Å²) in [6.45, 7) is 0.0983. The Labute approximate surface area is 162 Å². The molecule has 4 rings (SSSR count). The normalized spacial score (nSPS) is 18.4. The van der Waals surface area contributed by atoms with E-state index < -0.39 is 24.1 Å². The second-order valence-electron chi connectivity index (χ2n) is 6.45. The van der Waals surface area contributed by atoms with Crippen LogP contribution in [0.5, 0.6) is 5.75 Å². The summed E-state index contributed by atoms with van der Waals surface area (Å²) in [5.74, 6) is 0.820. The van der Waals surface area contributed by atoms with Crippen LogP contribution >= 0.6 is 0 Å². The van der Waals surface area contributed by atoms with E-state index in [1.807, 2.05) is 48.5 Å². The Bertz CT molecular complexity index is 916. The topological polar surface area (TPSA) is 69.0 Å². The predicted molar refractivity (Wildman–Crippen MR) is 101 cm³/mol. The highest BCUT2D eigenvalue weighted by Crippen LogP contribution is 2.29. The van der Waals surface area contributed by atoms with E-state index in [1.54, 1.807) is 30.5 Å². The van der Waals surface area contributed by atoms with Crippen LogP contribution in [0, 0.1) is 0 Å². The molecular formula is C22H19NO5. The summed E-state index contributed by atoms with van der Waals surface area (Å²) in [6, 6.07) is 21.4. The Kier molecular flexibility index (Phi) is 5.10. The SMILES string of the molecule is O=C(OCc1ccccc1)N1C(=O)[C@@H](Oc2ccccc2)[C@H]1Cc1ccco1. The van der Waals surface area contributed by atoms with Crippen molar-refractivity contribution in [3.05, 3.63) is 90.4 Å². The van der Waals surface area contributed by atoms with Gasteiger partial charge in [-0.25, -0.2) is 9.69 Å². The van der Waals surface area contributed by atoms with Gasteiger partial charge in [-0.2, -0.15) is 0 Å². The molecule has 2 aromatic carbocycles. The number of carbonyl (C=O) groups is 2. The first kappa shape index (κ1) is 17.9. The standard InChI is InChI=1S/C22H19NO5/c24-21-20(28-17-10-5-2-6-11-17)19(14-18-12-7-13-26-18)23(21)22(25)27-15-16-8-3-1-4-9-16/h1-13,19-20H,14-15H2/t19-,20+/m1/s1. The van der Waals surface area contributed by atoms with Gasteiger partial charge < -0.3 is 13.9 Å². The molecule has 2 amide bonds. The van der Waals surface area contributed by atoms with Crippen LogP contribution in [-0.4, -0.2) is 29.0 Å². The zero-order valence-corrected chi connectivity index (χ0v) is 15.1. The van der Waals surface area contributed by atoms with Gasteiger partial charge in [-0.15, -0.1) is 0 Å². The van der Waals surface area contributed by atoms with Crippen molar-refractivity contribution in [2.24, 2.45) is 0 Å². The number of amides is 2. The first-order valence-corrected chi connectivity index (χ1v) is 9.00. The molecule has 2 atom stereocenters. The molecular weight excluding hydrogens is 358 g/mol. The summed E-state index contributed by atoms with van der Waals surface area (Å²) in [4.78, 5) is 26.3. The molecule has 142 valence electrons. The van der Waals surface area contributed by atoms with Crippen LogP contribution in [0.3, 0.4) is 0 Å². The van der Waals surface area contributed by atoms with Crippen LogP contribution < -0.4 is 4.74 Å². The Morgan fingerprint density at radius 2 is 1.68 bits per heavy atom. The number of carbonyl (C=O) groups excluding carboxylic acids is 2. The smallest absolute Gasteiger partial charge is 0.417 e. The van der Waals surface area contributed by atoms with Crippen molar-refractivity contribution >= 4 is 12.0 Å². The number of rotatable bonds is 6. The number of imide groups is 1. The molecule has 1 aliphatic heterocycles. The van der Waals surface area contributed by atoms with E-state index in [0.29, 0.717) is 17.9 Å². The average molecular weight is 377 g/mol. The van der Waals surface area contributed by atoms with Crippen molar-refractivity contribution < 1.29 is 23.5 Å². The van der Waals surface area contributed by atoms with Crippen molar-refractivity contribution in [3.63, 3.8) is 0 Å². The van der Waals surface area contributed by atoms with Gasteiger partial charge in [0.2, 0.25) is 0 Å². The van der Waals surface area contributed by atoms with Gasteiger partial charge in [0.1, 0.15) is 18.1 Å². The van der Waals surface area contributed by atoms with Crippen LogP contribution in [-0.2, 0) is 22.6 Å². The third kappa shape index (κ3) is 3.76. The lowest BCUT2D eigenvalue weighted by Gasteiger charge is -2.43. The van der Waals surface area contributed by atoms with Crippen LogP contribution in [0.25, 0.3) is 0 Å². The minimum atomic E-state index is -0.767. The molecule has 2 heterocycles. The van der Waals surface area contributed by atoms with E-state index in [0.717, 1.165) is 10.5 Å². The lowest BCUT2D eigenvalue weighted by atomic mass is 9.94. The zero-order chi connectivity index (χ0) is 19.3. The molecule has 1 saturated heterocycles. The number of ether oxygens (including phenoxy) is 2. The number of β-lactam (4-membered cyclic amide) rings is 1. The lowest BCUT2D eigenvalue weighted by Crippen LogP contribution is -2.69. The summed E-state index contributed by atoms with van der Waals surface area (Å²) in [5.41, 5.74) is 0.850. The monoisotopic (exact) mass is 377 g/mol. The molecule has 1 aromatic heterocycles. The van der Waals surface area contributed by atoms with Crippen LogP contribution in [0.15, 0.2) is 83.5 Å². The maximum Gasteiger partial charge on any atom is 0.417 e. The first-order chi connectivity index (χ1) is 13.7. The van der Waals surface area contributed by atoms with Crippen molar-refractivity contribution in [3.8, 4) is 5.75 Å². The number of nitrogens with zero attached hydrogens (tertiary/aromatic N) is 1. The van der Waals surface area contributed by atoms with Crippen LogP contribution in [0.4, 0.5) is 4.79 Å². The van der Waals surface area contributed by atoms with Crippen molar-refractivity contribution in [2.75, 3.05) is 0 Å². The van der Waals surface area contributed by atoms with E-state index in [1.165, 1.54) is 0 Å². The molecule has 0 spiro atoms. The van der Waals surface area contributed by atoms with E-state index in [9.17, 15) is 9.59 Å². The maximum atomic E-state index is 12.6. The third-order valence-electron chi connectivity index (χ3n) is 4.56. The molecule has 0 saturated carbocycles. The number of hydrogen-bond donors (Lipinski definition) is 0. The summed E-state index contributed by atoms with van der Waals surface area (Å²) < 4.78 is 16.5. The molecule has 0 aliphatic carbocycles.